The Kier molecular flexibility index (Phi) is 3.25. The van der Waals surface area contributed by atoms with Gasteiger partial charge in [-0.25, -0.2) is 4.39 Å². The molecule has 1 aromatic rings. The summed E-state index contributed by atoms with van der Waals surface area (Å²) in [5.74, 6) is -0.603. The van der Waals surface area contributed by atoms with E-state index < -0.39 is 18.0 Å². The third-order valence-corrected chi connectivity index (χ3v) is 2.09. The molecule has 0 saturated carbocycles. The van der Waals surface area contributed by atoms with E-state index in [0.717, 1.165) is 0 Å². The maximum absolute atomic E-state index is 13.3. The monoisotopic (exact) mass is 203 g/mol. The lowest BCUT2D eigenvalue weighted by molar-refractivity contribution is 0.149. The van der Waals surface area contributed by atoms with Gasteiger partial charge in [0.25, 0.3) is 0 Å². The van der Waals surface area contributed by atoms with E-state index in [9.17, 15) is 9.50 Å². The number of nitrogens with two attached hydrogens (primary N) is 1. The summed E-state index contributed by atoms with van der Waals surface area (Å²) >= 11 is 5.54. The Morgan fingerprint density at radius 3 is 2.69 bits per heavy atom. The van der Waals surface area contributed by atoms with Gasteiger partial charge in [-0.05, 0) is 13.0 Å². The van der Waals surface area contributed by atoms with Crippen LogP contribution in [0.2, 0.25) is 5.02 Å². The van der Waals surface area contributed by atoms with Crippen LogP contribution in [0.25, 0.3) is 0 Å². The zero-order valence-electron chi connectivity index (χ0n) is 7.17. The molecule has 0 radical (unpaired) electrons. The number of benzene rings is 1. The third kappa shape index (κ3) is 2.18. The van der Waals surface area contributed by atoms with Gasteiger partial charge in [0.15, 0.2) is 0 Å². The first kappa shape index (κ1) is 10.4. The van der Waals surface area contributed by atoms with Crippen LogP contribution in [0.1, 0.15) is 18.6 Å². The van der Waals surface area contributed by atoms with Gasteiger partial charge in [0.05, 0.1) is 11.1 Å². The Labute approximate surface area is 81.1 Å². The van der Waals surface area contributed by atoms with Crippen molar-refractivity contribution >= 4 is 11.6 Å². The van der Waals surface area contributed by atoms with Gasteiger partial charge in [-0.2, -0.15) is 0 Å². The SMILES string of the molecule is C[C@@H](N)[C@@H](O)c1cccc(Cl)c1F. The van der Waals surface area contributed by atoms with E-state index in [-0.39, 0.29) is 10.6 Å². The number of hydrogen-bond donors (Lipinski definition) is 2. The third-order valence-electron chi connectivity index (χ3n) is 1.80. The second-order valence-electron chi connectivity index (χ2n) is 2.95. The van der Waals surface area contributed by atoms with Crippen LogP contribution in [0.15, 0.2) is 18.2 Å². The van der Waals surface area contributed by atoms with Crippen LogP contribution in [0.5, 0.6) is 0 Å². The number of aliphatic hydroxyl groups excluding tert-OH is 1. The van der Waals surface area contributed by atoms with Crippen molar-refractivity contribution in [1.29, 1.82) is 0 Å². The molecule has 0 aliphatic heterocycles. The number of hydrogen-bond acceptors (Lipinski definition) is 2. The van der Waals surface area contributed by atoms with Crippen LogP contribution in [0.3, 0.4) is 0 Å². The van der Waals surface area contributed by atoms with Crippen molar-refractivity contribution in [3.05, 3.63) is 34.6 Å². The Morgan fingerprint density at radius 1 is 1.54 bits per heavy atom. The first-order valence-corrected chi connectivity index (χ1v) is 4.29. The summed E-state index contributed by atoms with van der Waals surface area (Å²) in [5.41, 5.74) is 5.57. The Bertz CT molecular complexity index is 304. The zero-order chi connectivity index (χ0) is 10.0. The van der Waals surface area contributed by atoms with E-state index in [4.69, 9.17) is 17.3 Å². The van der Waals surface area contributed by atoms with Crippen molar-refractivity contribution in [2.24, 2.45) is 5.73 Å². The number of rotatable bonds is 2. The normalized spacial score (nSPS) is 15.5. The molecular weight excluding hydrogens is 193 g/mol. The van der Waals surface area contributed by atoms with Gasteiger partial charge in [-0.3, -0.25) is 0 Å². The number of aliphatic hydroxyl groups is 1. The maximum Gasteiger partial charge on any atom is 0.147 e. The minimum absolute atomic E-state index is 0.00259. The lowest BCUT2D eigenvalue weighted by Gasteiger charge is -2.15. The molecule has 0 aromatic heterocycles. The predicted octanol–water partition coefficient (Wildman–Crippen LogP) is 1.86. The largest absolute Gasteiger partial charge is 0.387 e. The highest BCUT2D eigenvalue weighted by Gasteiger charge is 2.17. The second-order valence-corrected chi connectivity index (χ2v) is 3.35. The molecule has 13 heavy (non-hydrogen) atoms. The average Bonchev–Trinajstić information content (AvgIpc) is 2.08. The van der Waals surface area contributed by atoms with Crippen LogP contribution < -0.4 is 5.73 Å². The van der Waals surface area contributed by atoms with Crippen LogP contribution >= 0.6 is 11.6 Å². The van der Waals surface area contributed by atoms with E-state index in [0.29, 0.717) is 0 Å². The molecular formula is C9H11ClFNO. The molecule has 2 nitrogen and oxygen atoms in total. The van der Waals surface area contributed by atoms with Gasteiger partial charge in [-0.1, -0.05) is 23.7 Å². The summed E-state index contributed by atoms with van der Waals surface area (Å²) in [5, 5.41) is 9.48. The molecule has 4 heteroatoms. The maximum atomic E-state index is 13.3. The summed E-state index contributed by atoms with van der Waals surface area (Å²) in [6, 6.07) is 3.95. The molecule has 0 fully saturated rings. The molecule has 0 aliphatic carbocycles. The lowest BCUT2D eigenvalue weighted by atomic mass is 10.0. The van der Waals surface area contributed by atoms with Crippen LogP contribution in [0.4, 0.5) is 4.39 Å². The lowest BCUT2D eigenvalue weighted by Crippen LogP contribution is -2.25. The van der Waals surface area contributed by atoms with Crippen LogP contribution in [-0.2, 0) is 0 Å². The quantitative estimate of drug-likeness (QED) is 0.771. The molecule has 1 aromatic carbocycles. The second kappa shape index (κ2) is 4.05. The van der Waals surface area contributed by atoms with Gasteiger partial charge in [0.2, 0.25) is 0 Å². The summed E-state index contributed by atoms with van der Waals surface area (Å²) in [6.45, 7) is 1.60. The predicted molar refractivity (Wildman–Crippen MR) is 50.0 cm³/mol. The molecule has 0 aliphatic rings. The molecule has 0 unspecified atom stereocenters. The molecule has 0 heterocycles. The van der Waals surface area contributed by atoms with Crippen LogP contribution in [-0.4, -0.2) is 11.1 Å². The van der Waals surface area contributed by atoms with Crippen molar-refractivity contribution in [1.82, 2.24) is 0 Å². The van der Waals surface area contributed by atoms with Crippen molar-refractivity contribution in [2.75, 3.05) is 0 Å². The number of halogens is 2. The topological polar surface area (TPSA) is 46.2 Å². The standard InChI is InChI=1S/C9H11ClFNO/c1-5(12)9(13)6-3-2-4-7(10)8(6)11/h2-5,9,13H,12H2,1H3/t5-,9-/m1/s1. The highest BCUT2D eigenvalue weighted by atomic mass is 35.5. The molecule has 2 atom stereocenters. The smallest absolute Gasteiger partial charge is 0.147 e. The molecule has 0 spiro atoms. The van der Waals surface area contributed by atoms with Gasteiger partial charge in [0, 0.05) is 11.6 Å². The van der Waals surface area contributed by atoms with Crippen molar-refractivity contribution in [3.63, 3.8) is 0 Å². The van der Waals surface area contributed by atoms with Gasteiger partial charge in [0.1, 0.15) is 5.82 Å². The van der Waals surface area contributed by atoms with Crippen LogP contribution in [0, 0.1) is 5.82 Å². The Morgan fingerprint density at radius 2 is 2.15 bits per heavy atom. The van der Waals surface area contributed by atoms with E-state index >= 15 is 0 Å². The fourth-order valence-corrected chi connectivity index (χ4v) is 1.21. The average molecular weight is 204 g/mol. The Balaban J connectivity index is 3.07. The zero-order valence-corrected chi connectivity index (χ0v) is 7.92. The van der Waals surface area contributed by atoms with Gasteiger partial charge in [-0.15, -0.1) is 0 Å². The first-order chi connectivity index (χ1) is 6.04. The summed E-state index contributed by atoms with van der Waals surface area (Å²) < 4.78 is 13.3. The van der Waals surface area contributed by atoms with Gasteiger partial charge < -0.3 is 10.8 Å². The fraction of sp³-hybridized carbons (Fsp3) is 0.333. The molecule has 0 bridgehead atoms. The Hall–Kier alpha value is -0.640. The van der Waals surface area contributed by atoms with Crippen molar-refractivity contribution in [3.8, 4) is 0 Å². The summed E-state index contributed by atoms with van der Waals surface area (Å²) in [6.07, 6.45) is -1.02. The molecule has 0 saturated heterocycles. The van der Waals surface area contributed by atoms with Crippen molar-refractivity contribution in [2.45, 2.75) is 19.1 Å². The van der Waals surface area contributed by atoms with E-state index in [2.05, 4.69) is 0 Å². The molecule has 0 amide bonds. The van der Waals surface area contributed by atoms with Gasteiger partial charge >= 0.3 is 0 Å². The van der Waals surface area contributed by atoms with E-state index in [1.165, 1.54) is 12.1 Å². The first-order valence-electron chi connectivity index (χ1n) is 3.91. The summed E-state index contributed by atoms with van der Waals surface area (Å²) in [7, 11) is 0. The summed E-state index contributed by atoms with van der Waals surface area (Å²) in [4.78, 5) is 0. The highest BCUT2D eigenvalue weighted by Crippen LogP contribution is 2.24. The minimum Gasteiger partial charge on any atom is -0.387 e. The minimum atomic E-state index is -1.02. The van der Waals surface area contributed by atoms with Crippen molar-refractivity contribution < 1.29 is 9.50 Å². The molecule has 3 N–H and O–H groups in total. The fourth-order valence-electron chi connectivity index (χ4n) is 1.03. The molecule has 1 rings (SSSR count). The highest BCUT2D eigenvalue weighted by molar-refractivity contribution is 6.30. The van der Waals surface area contributed by atoms with E-state index in [1.54, 1.807) is 13.0 Å². The molecule has 72 valence electrons. The van der Waals surface area contributed by atoms with E-state index in [1.807, 2.05) is 0 Å².